The summed E-state index contributed by atoms with van der Waals surface area (Å²) in [6.45, 7) is 11.9. The highest BCUT2D eigenvalue weighted by molar-refractivity contribution is 6.47. The molecule has 1 heterocycles. The molecule has 130 valence electrons. The van der Waals surface area contributed by atoms with Crippen LogP contribution in [-0.4, -0.2) is 31.2 Å². The van der Waals surface area contributed by atoms with Crippen molar-refractivity contribution >= 4 is 12.9 Å². The van der Waals surface area contributed by atoms with Crippen molar-refractivity contribution in [3.05, 3.63) is 41.0 Å². The molecule has 0 aliphatic carbocycles. The van der Waals surface area contributed by atoms with Crippen LogP contribution >= 0.6 is 0 Å². The molecule has 0 spiro atoms. The third-order valence-corrected chi connectivity index (χ3v) is 4.88. The second-order valence-electron chi connectivity index (χ2n) is 7.43. The molecule has 0 radical (unpaired) electrons. The Labute approximate surface area is 145 Å². The minimum atomic E-state index is -0.422. The topological polar surface area (TPSA) is 44.8 Å². The molecule has 0 amide bonds. The number of Topliss-reactive ketones (excluding diaryl/α,β-unsaturated/α-hetero) is 1. The van der Waals surface area contributed by atoms with E-state index >= 15 is 0 Å². The first-order chi connectivity index (χ1) is 11.1. The lowest BCUT2D eigenvalue weighted by Gasteiger charge is -2.32. The molecule has 0 aromatic heterocycles. The average Bonchev–Trinajstić information content (AvgIpc) is 2.71. The van der Waals surface area contributed by atoms with E-state index in [0.29, 0.717) is 17.6 Å². The molecule has 0 saturated carbocycles. The van der Waals surface area contributed by atoms with E-state index in [0.717, 1.165) is 11.1 Å². The highest BCUT2D eigenvalue weighted by Crippen LogP contribution is 2.39. The molecule has 0 unspecified atom stereocenters. The van der Waals surface area contributed by atoms with Crippen molar-refractivity contribution in [1.82, 2.24) is 0 Å². The zero-order chi connectivity index (χ0) is 18.1. The van der Waals surface area contributed by atoms with E-state index in [1.165, 1.54) is 0 Å². The summed E-state index contributed by atoms with van der Waals surface area (Å²) in [5, 5.41) is 0. The lowest BCUT2D eigenvalue weighted by atomic mass is 9.77. The quantitative estimate of drug-likeness (QED) is 0.458. The number of ketones is 1. The van der Waals surface area contributed by atoms with Gasteiger partial charge in [-0.1, -0.05) is 17.7 Å². The van der Waals surface area contributed by atoms with Gasteiger partial charge in [-0.25, -0.2) is 0 Å². The average molecular weight is 330 g/mol. The second kappa shape index (κ2) is 6.73. The number of methoxy groups -OCH3 is 1. The minimum Gasteiger partial charge on any atom is -0.497 e. The summed E-state index contributed by atoms with van der Waals surface area (Å²) < 4.78 is 17.3. The van der Waals surface area contributed by atoms with E-state index in [9.17, 15) is 4.79 Å². The molecule has 1 aromatic rings. The van der Waals surface area contributed by atoms with Gasteiger partial charge in [-0.15, -0.1) is 0 Å². The third-order valence-electron chi connectivity index (χ3n) is 4.88. The van der Waals surface area contributed by atoms with E-state index in [2.05, 4.69) is 0 Å². The van der Waals surface area contributed by atoms with Crippen LogP contribution in [0.1, 0.15) is 51.9 Å². The van der Waals surface area contributed by atoms with E-state index in [-0.39, 0.29) is 5.78 Å². The van der Waals surface area contributed by atoms with Gasteiger partial charge in [0.1, 0.15) is 5.75 Å². The van der Waals surface area contributed by atoms with Gasteiger partial charge < -0.3 is 14.0 Å². The van der Waals surface area contributed by atoms with Gasteiger partial charge in [0.25, 0.3) is 0 Å². The smallest absolute Gasteiger partial charge is 0.462 e. The Morgan fingerprint density at radius 3 is 2.21 bits per heavy atom. The van der Waals surface area contributed by atoms with Crippen molar-refractivity contribution in [2.24, 2.45) is 0 Å². The Morgan fingerprint density at radius 2 is 1.71 bits per heavy atom. The largest absolute Gasteiger partial charge is 0.497 e. The number of ether oxygens (including phenoxy) is 1. The zero-order valence-electron chi connectivity index (χ0n) is 15.7. The molecule has 1 aromatic carbocycles. The standard InChI is InChI=1S/C19H27BO4/c1-13(2)16(12-20-23-18(3,4)19(5,6)24-20)17(21)14-9-8-10-15(11-14)22-7/h8-11H,12H2,1-7H3. The second-order valence-corrected chi connectivity index (χ2v) is 7.43. The molecule has 4 nitrogen and oxygen atoms in total. The molecule has 1 fully saturated rings. The van der Waals surface area contributed by atoms with Crippen molar-refractivity contribution < 1.29 is 18.8 Å². The number of carbonyl (C=O) groups excluding carboxylic acids is 1. The van der Waals surface area contributed by atoms with Crippen LogP contribution in [0.15, 0.2) is 35.4 Å². The number of allylic oxidation sites excluding steroid dienone is 2. The minimum absolute atomic E-state index is 0.0105. The lowest BCUT2D eigenvalue weighted by molar-refractivity contribution is 0.00578. The Hall–Kier alpha value is -1.59. The monoisotopic (exact) mass is 330 g/mol. The number of hydrogen-bond donors (Lipinski definition) is 0. The lowest BCUT2D eigenvalue weighted by Crippen LogP contribution is -2.41. The van der Waals surface area contributed by atoms with Gasteiger partial charge >= 0.3 is 7.12 Å². The Balaban J connectivity index is 2.23. The number of carbonyl (C=O) groups is 1. The van der Waals surface area contributed by atoms with Crippen LogP contribution in [0.3, 0.4) is 0 Å². The predicted octanol–water partition coefficient (Wildman–Crippen LogP) is 4.31. The number of rotatable bonds is 5. The van der Waals surface area contributed by atoms with Crippen LogP contribution in [0, 0.1) is 0 Å². The maximum absolute atomic E-state index is 12.9. The molecule has 0 bridgehead atoms. The SMILES string of the molecule is COc1cccc(C(=O)C(CB2OC(C)(C)C(C)(C)O2)=C(C)C)c1. The van der Waals surface area contributed by atoms with Crippen LogP contribution in [0.25, 0.3) is 0 Å². The van der Waals surface area contributed by atoms with Crippen molar-refractivity contribution in [2.75, 3.05) is 7.11 Å². The van der Waals surface area contributed by atoms with Crippen LogP contribution in [0.2, 0.25) is 6.32 Å². The molecule has 1 aliphatic rings. The van der Waals surface area contributed by atoms with Gasteiger partial charge in [0.2, 0.25) is 0 Å². The van der Waals surface area contributed by atoms with Crippen LogP contribution < -0.4 is 4.74 Å². The van der Waals surface area contributed by atoms with Crippen molar-refractivity contribution in [3.63, 3.8) is 0 Å². The van der Waals surface area contributed by atoms with Gasteiger partial charge in [-0.05, 0) is 59.2 Å². The van der Waals surface area contributed by atoms with Crippen molar-refractivity contribution in [3.8, 4) is 5.75 Å². The predicted molar refractivity (Wildman–Crippen MR) is 96.6 cm³/mol. The van der Waals surface area contributed by atoms with Crippen LogP contribution in [0.5, 0.6) is 5.75 Å². The summed E-state index contributed by atoms with van der Waals surface area (Å²) in [5.74, 6) is 0.660. The molecule has 24 heavy (non-hydrogen) atoms. The fourth-order valence-electron chi connectivity index (χ4n) is 2.68. The maximum atomic E-state index is 12.9. The summed E-state index contributed by atoms with van der Waals surface area (Å²) in [5.41, 5.74) is 1.51. The summed E-state index contributed by atoms with van der Waals surface area (Å²) >= 11 is 0. The molecular weight excluding hydrogens is 303 g/mol. The Kier molecular flexibility index (Phi) is 5.26. The maximum Gasteiger partial charge on any atom is 0.462 e. The van der Waals surface area contributed by atoms with Crippen molar-refractivity contribution in [1.29, 1.82) is 0 Å². The first-order valence-electron chi connectivity index (χ1n) is 8.28. The third kappa shape index (κ3) is 3.73. The van der Waals surface area contributed by atoms with Gasteiger partial charge in [0.15, 0.2) is 5.78 Å². The molecular formula is C19H27BO4. The molecule has 1 aliphatic heterocycles. The first kappa shape index (κ1) is 18.7. The highest BCUT2D eigenvalue weighted by Gasteiger charge is 2.51. The Morgan fingerprint density at radius 1 is 1.12 bits per heavy atom. The summed E-state index contributed by atoms with van der Waals surface area (Å²) in [7, 11) is 1.17. The van der Waals surface area contributed by atoms with Gasteiger partial charge in [0, 0.05) is 11.9 Å². The molecule has 2 rings (SSSR count). The fraction of sp³-hybridized carbons (Fsp3) is 0.526. The van der Waals surface area contributed by atoms with Gasteiger partial charge in [-0.2, -0.15) is 0 Å². The van der Waals surface area contributed by atoms with E-state index in [1.807, 2.05) is 53.7 Å². The summed E-state index contributed by atoms with van der Waals surface area (Å²) in [6.07, 6.45) is 0.436. The number of hydrogen-bond acceptors (Lipinski definition) is 4. The normalized spacial score (nSPS) is 18.4. The summed E-state index contributed by atoms with van der Waals surface area (Å²) in [4.78, 5) is 12.9. The van der Waals surface area contributed by atoms with Crippen LogP contribution in [0.4, 0.5) is 0 Å². The molecule has 0 atom stereocenters. The molecule has 0 N–H and O–H groups in total. The summed E-state index contributed by atoms with van der Waals surface area (Å²) in [6, 6.07) is 7.21. The van der Waals surface area contributed by atoms with Gasteiger partial charge in [-0.3, -0.25) is 4.79 Å². The van der Waals surface area contributed by atoms with Crippen molar-refractivity contribution in [2.45, 2.75) is 59.1 Å². The Bertz CT molecular complexity index is 641. The van der Waals surface area contributed by atoms with E-state index < -0.39 is 18.3 Å². The number of benzene rings is 1. The molecule has 5 heteroatoms. The van der Waals surface area contributed by atoms with E-state index in [1.54, 1.807) is 19.2 Å². The fourth-order valence-corrected chi connectivity index (χ4v) is 2.68. The van der Waals surface area contributed by atoms with Gasteiger partial charge in [0.05, 0.1) is 18.3 Å². The van der Waals surface area contributed by atoms with Crippen LogP contribution in [-0.2, 0) is 9.31 Å². The van der Waals surface area contributed by atoms with E-state index in [4.69, 9.17) is 14.0 Å². The zero-order valence-corrected chi connectivity index (χ0v) is 15.7. The highest BCUT2D eigenvalue weighted by atomic mass is 16.7. The first-order valence-corrected chi connectivity index (χ1v) is 8.28. The molecule has 1 saturated heterocycles.